The first-order chi connectivity index (χ1) is 13.8. The molecule has 1 saturated heterocycles. The number of piperidine rings is 1. The van der Waals surface area contributed by atoms with E-state index in [0.29, 0.717) is 44.5 Å². The molecule has 1 aliphatic rings. The molecule has 9 heteroatoms. The van der Waals surface area contributed by atoms with Gasteiger partial charge in [-0.3, -0.25) is 14.2 Å². The van der Waals surface area contributed by atoms with Crippen molar-refractivity contribution in [3.8, 4) is 0 Å². The fraction of sp³-hybridized carbons (Fsp3) is 0.450. The van der Waals surface area contributed by atoms with Gasteiger partial charge in [0.05, 0.1) is 5.02 Å². The van der Waals surface area contributed by atoms with Gasteiger partial charge in [-0.15, -0.1) is 0 Å². The van der Waals surface area contributed by atoms with Crippen LogP contribution in [0.25, 0.3) is 0 Å². The molecule has 1 aromatic carbocycles. The van der Waals surface area contributed by atoms with E-state index >= 15 is 0 Å². The number of aromatic nitrogens is 2. The van der Waals surface area contributed by atoms with Crippen molar-refractivity contribution in [2.75, 3.05) is 18.0 Å². The molecule has 1 fully saturated rings. The third kappa shape index (κ3) is 4.87. The van der Waals surface area contributed by atoms with E-state index in [2.05, 4.69) is 5.32 Å². The molecule has 29 heavy (non-hydrogen) atoms. The summed E-state index contributed by atoms with van der Waals surface area (Å²) in [5, 5.41) is 3.08. The topological polar surface area (TPSA) is 76.3 Å². The van der Waals surface area contributed by atoms with Gasteiger partial charge in [-0.1, -0.05) is 17.7 Å². The highest BCUT2D eigenvalue weighted by Crippen LogP contribution is 2.18. The van der Waals surface area contributed by atoms with E-state index in [4.69, 9.17) is 11.6 Å². The smallest absolute Gasteiger partial charge is 0.330 e. The lowest BCUT2D eigenvalue weighted by Gasteiger charge is -2.33. The van der Waals surface area contributed by atoms with Crippen LogP contribution in [0.15, 0.2) is 34.0 Å². The summed E-state index contributed by atoms with van der Waals surface area (Å²) in [6, 6.07) is 4.50. The van der Waals surface area contributed by atoms with E-state index in [1.165, 1.54) is 23.7 Å². The Bertz CT molecular complexity index is 1030. The molecule has 1 aromatic heterocycles. The second-order valence-electron chi connectivity index (χ2n) is 7.35. The van der Waals surface area contributed by atoms with Crippen molar-refractivity contribution in [3.63, 3.8) is 0 Å². The zero-order chi connectivity index (χ0) is 21.1. The van der Waals surface area contributed by atoms with Crippen molar-refractivity contribution in [1.82, 2.24) is 14.5 Å². The number of hydrogen-bond acceptors (Lipinski definition) is 4. The maximum atomic E-state index is 13.2. The molecule has 2 aromatic rings. The van der Waals surface area contributed by atoms with Gasteiger partial charge in [0, 0.05) is 45.8 Å². The van der Waals surface area contributed by atoms with Gasteiger partial charge in [0.2, 0.25) is 5.91 Å². The van der Waals surface area contributed by atoms with E-state index in [9.17, 15) is 18.8 Å². The lowest BCUT2D eigenvalue weighted by atomic mass is 10.0. The fourth-order valence-corrected chi connectivity index (χ4v) is 3.73. The van der Waals surface area contributed by atoms with E-state index in [-0.39, 0.29) is 28.2 Å². The number of benzene rings is 1. The molecule has 0 bridgehead atoms. The Kier molecular flexibility index (Phi) is 6.42. The highest BCUT2D eigenvalue weighted by Gasteiger charge is 2.23. The number of carbonyl (C=O) groups is 1. The van der Waals surface area contributed by atoms with Crippen LogP contribution < -0.4 is 21.5 Å². The average Bonchev–Trinajstić information content (AvgIpc) is 2.71. The Morgan fingerprint density at radius 1 is 1.24 bits per heavy atom. The molecule has 3 rings (SSSR count). The van der Waals surface area contributed by atoms with Gasteiger partial charge >= 0.3 is 5.69 Å². The van der Waals surface area contributed by atoms with Crippen molar-refractivity contribution in [2.45, 2.75) is 31.7 Å². The normalized spacial score (nSPS) is 14.8. The van der Waals surface area contributed by atoms with E-state index < -0.39 is 5.82 Å². The maximum Gasteiger partial charge on any atom is 0.330 e. The minimum atomic E-state index is -0.472. The summed E-state index contributed by atoms with van der Waals surface area (Å²) >= 11 is 5.77. The highest BCUT2D eigenvalue weighted by atomic mass is 35.5. The Labute approximate surface area is 172 Å². The van der Waals surface area contributed by atoms with Crippen LogP contribution in [-0.4, -0.2) is 34.2 Å². The minimum absolute atomic E-state index is 0.0342. The number of anilines is 1. The van der Waals surface area contributed by atoms with E-state index in [1.807, 2.05) is 4.90 Å². The highest BCUT2D eigenvalue weighted by molar-refractivity contribution is 6.30. The molecule has 0 unspecified atom stereocenters. The van der Waals surface area contributed by atoms with Gasteiger partial charge in [-0.2, -0.15) is 0 Å². The number of nitrogens with one attached hydrogen (secondary N) is 1. The molecule has 1 N–H and O–H groups in total. The van der Waals surface area contributed by atoms with Crippen LogP contribution >= 0.6 is 11.6 Å². The molecule has 0 radical (unpaired) electrons. The number of aryl methyl sites for hydroxylation is 2. The molecular formula is C20H24ClFN4O3. The number of rotatable bonds is 5. The van der Waals surface area contributed by atoms with Crippen molar-refractivity contribution in [1.29, 1.82) is 0 Å². The molecule has 0 saturated carbocycles. The molecule has 156 valence electrons. The van der Waals surface area contributed by atoms with Crippen molar-refractivity contribution in [3.05, 3.63) is 61.6 Å². The Morgan fingerprint density at radius 3 is 2.59 bits per heavy atom. The number of halogens is 2. The van der Waals surface area contributed by atoms with Gasteiger partial charge in [-0.25, -0.2) is 9.18 Å². The van der Waals surface area contributed by atoms with Crippen molar-refractivity contribution < 1.29 is 9.18 Å². The van der Waals surface area contributed by atoms with Crippen molar-refractivity contribution in [2.24, 2.45) is 14.1 Å². The number of amides is 1. The lowest BCUT2D eigenvalue weighted by molar-refractivity contribution is -0.121. The summed E-state index contributed by atoms with van der Waals surface area (Å²) in [5.74, 6) is -0.540. The predicted octanol–water partition coefficient (Wildman–Crippen LogP) is 1.59. The summed E-state index contributed by atoms with van der Waals surface area (Å²) < 4.78 is 15.7. The Hall–Kier alpha value is -2.61. The quantitative estimate of drug-likeness (QED) is 0.794. The number of hydrogen-bond donors (Lipinski definition) is 1. The summed E-state index contributed by atoms with van der Waals surface area (Å²) in [6.45, 7) is 1.23. The van der Waals surface area contributed by atoms with Crippen LogP contribution in [0.3, 0.4) is 0 Å². The fourth-order valence-electron chi connectivity index (χ4n) is 3.52. The summed E-state index contributed by atoms with van der Waals surface area (Å²) in [4.78, 5) is 38.4. The average molecular weight is 423 g/mol. The lowest BCUT2D eigenvalue weighted by Crippen LogP contribution is -2.47. The maximum absolute atomic E-state index is 13.2. The van der Waals surface area contributed by atoms with Crippen LogP contribution in [0, 0.1) is 5.82 Å². The van der Waals surface area contributed by atoms with E-state index in [0.717, 1.165) is 10.1 Å². The van der Waals surface area contributed by atoms with Gasteiger partial charge in [0.25, 0.3) is 5.56 Å². The molecule has 0 aliphatic carbocycles. The molecular weight excluding hydrogens is 399 g/mol. The van der Waals surface area contributed by atoms with Crippen molar-refractivity contribution >= 4 is 23.2 Å². The summed E-state index contributed by atoms with van der Waals surface area (Å²) in [6.07, 6.45) is 3.76. The predicted molar refractivity (Wildman–Crippen MR) is 110 cm³/mol. The van der Waals surface area contributed by atoms with Crippen LogP contribution in [0.5, 0.6) is 0 Å². The number of nitrogens with zero attached hydrogens (tertiary/aromatic N) is 3. The van der Waals surface area contributed by atoms with Crippen LogP contribution in [0.2, 0.25) is 5.02 Å². The molecule has 1 amide bonds. The standard InChI is InChI=1S/C20H24ClFN4O3/c1-24-12-17(19(28)25(2)20(24)29)26-9-7-14(8-10-26)23-18(27)6-4-13-3-5-16(22)15(21)11-13/h3,5,11-12,14H,4,6-10H2,1-2H3,(H,23,27). The first-order valence-corrected chi connectivity index (χ1v) is 9.89. The first kappa shape index (κ1) is 21.1. The van der Waals surface area contributed by atoms with Gasteiger partial charge in [0.1, 0.15) is 11.5 Å². The van der Waals surface area contributed by atoms with Gasteiger partial charge in [0.15, 0.2) is 0 Å². The third-order valence-electron chi connectivity index (χ3n) is 5.25. The molecule has 2 heterocycles. The van der Waals surface area contributed by atoms with Crippen LogP contribution in [0.4, 0.5) is 10.1 Å². The second-order valence-corrected chi connectivity index (χ2v) is 7.76. The summed E-state index contributed by atoms with van der Waals surface area (Å²) in [5.41, 5.74) is 0.636. The van der Waals surface area contributed by atoms with Crippen LogP contribution in [-0.2, 0) is 25.3 Å². The Balaban J connectivity index is 1.52. The SMILES string of the molecule is Cn1cc(N2CCC(NC(=O)CCc3ccc(F)c(Cl)c3)CC2)c(=O)n(C)c1=O. The minimum Gasteiger partial charge on any atom is -0.366 e. The monoisotopic (exact) mass is 422 g/mol. The first-order valence-electron chi connectivity index (χ1n) is 9.51. The number of carbonyl (C=O) groups excluding carboxylic acids is 1. The van der Waals surface area contributed by atoms with Gasteiger partial charge in [-0.05, 0) is 37.0 Å². The third-order valence-corrected chi connectivity index (χ3v) is 5.54. The molecule has 1 aliphatic heterocycles. The molecule has 0 atom stereocenters. The summed E-state index contributed by atoms with van der Waals surface area (Å²) in [7, 11) is 3.09. The van der Waals surface area contributed by atoms with Gasteiger partial charge < -0.3 is 14.8 Å². The zero-order valence-electron chi connectivity index (χ0n) is 16.5. The van der Waals surface area contributed by atoms with E-state index in [1.54, 1.807) is 19.3 Å². The largest absolute Gasteiger partial charge is 0.366 e. The molecule has 7 nitrogen and oxygen atoms in total. The second kappa shape index (κ2) is 8.82. The Morgan fingerprint density at radius 2 is 1.93 bits per heavy atom. The molecule has 0 spiro atoms. The zero-order valence-corrected chi connectivity index (χ0v) is 17.2. The van der Waals surface area contributed by atoms with Crippen LogP contribution in [0.1, 0.15) is 24.8 Å².